The number of ketones is 1. The van der Waals surface area contributed by atoms with Gasteiger partial charge in [-0.1, -0.05) is 50.2 Å². The fourth-order valence-corrected chi connectivity index (χ4v) is 5.29. The van der Waals surface area contributed by atoms with Crippen LogP contribution in [0.5, 0.6) is 5.75 Å². The van der Waals surface area contributed by atoms with E-state index in [0.717, 1.165) is 36.8 Å². The summed E-state index contributed by atoms with van der Waals surface area (Å²) in [7, 11) is 0. The molecule has 3 aromatic rings. The molecule has 0 aromatic heterocycles. The van der Waals surface area contributed by atoms with E-state index in [1.807, 2.05) is 61.5 Å². The molecular weight excluding hydrogens is 462 g/mol. The zero-order chi connectivity index (χ0) is 26.1. The third kappa shape index (κ3) is 4.78. The number of nitrogens with zero attached hydrogens (tertiary/aromatic N) is 1. The van der Waals surface area contributed by atoms with Gasteiger partial charge in [0.25, 0.3) is 11.7 Å². The van der Waals surface area contributed by atoms with Gasteiger partial charge in [-0.05, 0) is 91.1 Å². The molecule has 5 nitrogen and oxygen atoms in total. The number of ether oxygens (including phenoxy) is 1. The van der Waals surface area contributed by atoms with E-state index in [4.69, 9.17) is 4.74 Å². The van der Waals surface area contributed by atoms with Crippen LogP contribution in [0.2, 0.25) is 0 Å². The first-order valence-corrected chi connectivity index (χ1v) is 13.1. The number of aliphatic hydroxyl groups excluding tert-OH is 1. The van der Waals surface area contributed by atoms with Crippen LogP contribution in [0.4, 0.5) is 5.69 Å². The maximum absolute atomic E-state index is 13.5. The van der Waals surface area contributed by atoms with Gasteiger partial charge in [0, 0.05) is 11.3 Å². The van der Waals surface area contributed by atoms with Gasteiger partial charge >= 0.3 is 0 Å². The molecule has 3 aromatic carbocycles. The first-order valence-electron chi connectivity index (χ1n) is 13.1. The average Bonchev–Trinajstić information content (AvgIpc) is 3.17. The lowest BCUT2D eigenvalue weighted by molar-refractivity contribution is -0.132. The van der Waals surface area contributed by atoms with Gasteiger partial charge in [-0.25, -0.2) is 0 Å². The predicted molar refractivity (Wildman–Crippen MR) is 146 cm³/mol. The van der Waals surface area contributed by atoms with E-state index >= 15 is 0 Å². The van der Waals surface area contributed by atoms with Crippen molar-refractivity contribution in [3.8, 4) is 5.75 Å². The van der Waals surface area contributed by atoms with Crippen LogP contribution in [-0.4, -0.2) is 23.4 Å². The quantitative estimate of drug-likeness (QED) is 0.240. The van der Waals surface area contributed by atoms with Gasteiger partial charge in [0.1, 0.15) is 11.5 Å². The van der Waals surface area contributed by atoms with Gasteiger partial charge < -0.3 is 9.84 Å². The van der Waals surface area contributed by atoms with Crippen molar-refractivity contribution >= 4 is 23.1 Å². The van der Waals surface area contributed by atoms with E-state index in [9.17, 15) is 14.7 Å². The zero-order valence-electron chi connectivity index (χ0n) is 21.7. The minimum atomic E-state index is -0.736. The molecule has 1 unspecified atom stereocenters. The van der Waals surface area contributed by atoms with Crippen LogP contribution in [-0.2, 0) is 22.4 Å². The highest BCUT2D eigenvalue weighted by atomic mass is 16.5. The van der Waals surface area contributed by atoms with Crippen LogP contribution in [0.25, 0.3) is 5.76 Å². The van der Waals surface area contributed by atoms with E-state index in [1.54, 1.807) is 12.1 Å². The molecule has 1 saturated heterocycles. The fourth-order valence-electron chi connectivity index (χ4n) is 5.29. The Bertz CT molecular complexity index is 1370. The molecule has 1 heterocycles. The van der Waals surface area contributed by atoms with Gasteiger partial charge in [-0.2, -0.15) is 0 Å². The number of benzene rings is 3. The largest absolute Gasteiger partial charge is 0.507 e. The third-order valence-corrected chi connectivity index (χ3v) is 7.25. The molecule has 0 radical (unpaired) electrons. The molecule has 0 spiro atoms. The second-order valence-electron chi connectivity index (χ2n) is 10.4. The van der Waals surface area contributed by atoms with Crippen LogP contribution in [0.1, 0.15) is 60.5 Å². The minimum Gasteiger partial charge on any atom is -0.507 e. The first-order chi connectivity index (χ1) is 17.8. The Hall–Kier alpha value is -3.86. The van der Waals surface area contributed by atoms with Crippen molar-refractivity contribution in [2.75, 3.05) is 11.5 Å². The summed E-state index contributed by atoms with van der Waals surface area (Å²) >= 11 is 0. The Labute approximate surface area is 218 Å². The van der Waals surface area contributed by atoms with Crippen molar-refractivity contribution in [2.24, 2.45) is 5.92 Å². The number of carbonyl (C=O) groups excluding carboxylic acids is 2. The Morgan fingerprint density at radius 3 is 2.38 bits per heavy atom. The van der Waals surface area contributed by atoms with Crippen LogP contribution in [0, 0.1) is 12.8 Å². The third-order valence-electron chi connectivity index (χ3n) is 7.25. The molecule has 1 atom stereocenters. The van der Waals surface area contributed by atoms with E-state index in [0.29, 0.717) is 29.5 Å². The van der Waals surface area contributed by atoms with E-state index in [-0.39, 0.29) is 11.3 Å². The lowest BCUT2D eigenvalue weighted by Gasteiger charge is -2.27. The molecule has 2 aliphatic rings. The number of fused-ring (bicyclic) bond motifs is 1. The van der Waals surface area contributed by atoms with Crippen molar-refractivity contribution in [3.05, 3.63) is 100 Å². The zero-order valence-corrected chi connectivity index (χ0v) is 21.7. The summed E-state index contributed by atoms with van der Waals surface area (Å²) in [6, 6.07) is 20.1. The van der Waals surface area contributed by atoms with Crippen LogP contribution in [0.3, 0.4) is 0 Å². The minimum absolute atomic E-state index is 0.121. The molecule has 5 rings (SSSR count). The number of aliphatic hydroxyl groups is 1. The Kier molecular flexibility index (Phi) is 6.88. The summed E-state index contributed by atoms with van der Waals surface area (Å²) in [6.45, 7) is 6.71. The fraction of sp³-hybridized carbons (Fsp3) is 0.312. The highest BCUT2D eigenvalue weighted by molar-refractivity contribution is 6.51. The summed E-state index contributed by atoms with van der Waals surface area (Å²) < 4.78 is 5.81. The number of hydrogen-bond acceptors (Lipinski definition) is 4. The van der Waals surface area contributed by atoms with Crippen molar-refractivity contribution in [2.45, 2.75) is 52.5 Å². The van der Waals surface area contributed by atoms with E-state index in [2.05, 4.69) is 13.8 Å². The molecule has 1 aliphatic carbocycles. The van der Waals surface area contributed by atoms with Crippen LogP contribution < -0.4 is 9.64 Å². The molecule has 1 N–H and O–H groups in total. The second kappa shape index (κ2) is 10.3. The molecule has 1 aliphatic heterocycles. The van der Waals surface area contributed by atoms with Crippen molar-refractivity contribution in [1.82, 2.24) is 0 Å². The molecular formula is C32H33NO4. The summed E-state index contributed by atoms with van der Waals surface area (Å²) in [6.07, 6.45) is 4.26. The van der Waals surface area contributed by atoms with E-state index in [1.165, 1.54) is 16.0 Å². The number of aryl methyl sites for hydroxylation is 3. The van der Waals surface area contributed by atoms with Gasteiger partial charge in [0.15, 0.2) is 0 Å². The Balaban J connectivity index is 1.61. The monoisotopic (exact) mass is 495 g/mol. The molecule has 0 bridgehead atoms. The van der Waals surface area contributed by atoms with Crippen LogP contribution in [0.15, 0.2) is 72.3 Å². The lowest BCUT2D eigenvalue weighted by Crippen LogP contribution is -2.29. The topological polar surface area (TPSA) is 66.8 Å². The van der Waals surface area contributed by atoms with Gasteiger partial charge in [0.05, 0.1) is 18.2 Å². The van der Waals surface area contributed by atoms with Gasteiger partial charge in [0.2, 0.25) is 0 Å². The maximum atomic E-state index is 13.5. The number of rotatable bonds is 6. The SMILES string of the molecule is Cc1ccccc1C1/C(=C(\O)c2ccc3c(c2)CCCC3)C(=O)C(=O)N1c1ccc(OCC(C)C)cc1. The van der Waals surface area contributed by atoms with E-state index < -0.39 is 17.7 Å². The molecule has 1 fully saturated rings. The average molecular weight is 496 g/mol. The first kappa shape index (κ1) is 24.8. The molecule has 5 heteroatoms. The maximum Gasteiger partial charge on any atom is 0.300 e. The van der Waals surface area contributed by atoms with Gasteiger partial charge in [-0.15, -0.1) is 0 Å². The van der Waals surface area contributed by atoms with Crippen molar-refractivity contribution in [1.29, 1.82) is 0 Å². The van der Waals surface area contributed by atoms with Crippen molar-refractivity contribution in [3.63, 3.8) is 0 Å². The molecule has 0 saturated carbocycles. The van der Waals surface area contributed by atoms with Crippen molar-refractivity contribution < 1.29 is 19.4 Å². The summed E-state index contributed by atoms with van der Waals surface area (Å²) in [5, 5.41) is 11.5. The van der Waals surface area contributed by atoms with Crippen LogP contribution >= 0.6 is 0 Å². The number of anilines is 1. The summed E-state index contributed by atoms with van der Waals surface area (Å²) in [4.78, 5) is 28.5. The lowest BCUT2D eigenvalue weighted by atomic mass is 9.88. The highest BCUT2D eigenvalue weighted by Crippen LogP contribution is 2.43. The second-order valence-corrected chi connectivity index (χ2v) is 10.4. The summed E-state index contributed by atoms with van der Waals surface area (Å²) in [5.74, 6) is -0.357. The highest BCUT2D eigenvalue weighted by Gasteiger charge is 2.47. The Morgan fingerprint density at radius 1 is 0.973 bits per heavy atom. The summed E-state index contributed by atoms with van der Waals surface area (Å²) in [5.41, 5.74) is 5.52. The number of Topliss-reactive ketones (excluding diaryl/α,β-unsaturated/α-hetero) is 1. The van der Waals surface area contributed by atoms with Gasteiger partial charge in [-0.3, -0.25) is 14.5 Å². The molecule has 37 heavy (non-hydrogen) atoms. The number of carbonyl (C=O) groups is 2. The number of amides is 1. The standard InChI is InChI=1S/C32H33NO4/c1-20(2)19-37-26-16-14-25(15-17-26)33-29(27-11-7-4-8-21(27)3)28(31(35)32(33)36)30(34)24-13-12-22-9-5-6-10-23(22)18-24/h4,7-8,11-18,20,29,34H,5-6,9-10,19H2,1-3H3/b30-28+. The molecule has 1 amide bonds. The Morgan fingerprint density at radius 2 is 1.68 bits per heavy atom. The predicted octanol–water partition coefficient (Wildman–Crippen LogP) is 6.53. The smallest absolute Gasteiger partial charge is 0.300 e. The molecule has 190 valence electrons. The number of hydrogen-bond donors (Lipinski definition) is 1. The normalized spacial score (nSPS) is 18.8.